The van der Waals surface area contributed by atoms with Crippen LogP contribution in [-0.4, -0.2) is 71.7 Å². The minimum atomic E-state index is 0.0741. The molecule has 0 spiro atoms. The van der Waals surface area contributed by atoms with E-state index in [-0.39, 0.29) is 12.5 Å². The zero-order valence-electron chi connectivity index (χ0n) is 14.5. The number of hydrogen-bond acceptors (Lipinski definition) is 6. The highest BCUT2D eigenvalue weighted by atomic mass is 16.5. The number of amides is 1. The predicted octanol–water partition coefficient (Wildman–Crippen LogP) is 1.14. The third-order valence-electron chi connectivity index (χ3n) is 4.77. The van der Waals surface area contributed by atoms with Crippen molar-refractivity contribution in [2.24, 2.45) is 0 Å². The van der Waals surface area contributed by atoms with E-state index in [0.717, 1.165) is 41.6 Å². The smallest absolute Gasteiger partial charge is 0.242 e. The maximum absolute atomic E-state index is 12.4. The molecule has 2 fully saturated rings. The summed E-state index contributed by atoms with van der Waals surface area (Å²) in [7, 11) is 0. The zero-order chi connectivity index (χ0) is 17.2. The molecule has 0 saturated carbocycles. The Morgan fingerprint density at radius 1 is 1.24 bits per heavy atom. The molecule has 134 valence electrons. The number of carbonyl (C=O) groups is 1. The first-order valence-corrected chi connectivity index (χ1v) is 8.92. The number of nitrogens with one attached hydrogen (secondary N) is 2. The van der Waals surface area contributed by atoms with Gasteiger partial charge in [0.05, 0.1) is 25.1 Å². The van der Waals surface area contributed by atoms with Gasteiger partial charge < -0.3 is 24.8 Å². The number of fused-ring (bicyclic) bond motifs is 1. The fourth-order valence-corrected chi connectivity index (χ4v) is 3.41. The van der Waals surface area contributed by atoms with Crippen molar-refractivity contribution in [1.29, 1.82) is 0 Å². The highest BCUT2D eigenvalue weighted by molar-refractivity contribution is 5.91. The van der Waals surface area contributed by atoms with E-state index in [4.69, 9.17) is 9.72 Å². The molecule has 2 aliphatic heterocycles. The van der Waals surface area contributed by atoms with Gasteiger partial charge in [0.25, 0.3) is 0 Å². The Bertz CT molecular complexity index is 762. The first-order chi connectivity index (χ1) is 12.2. The van der Waals surface area contributed by atoms with Crippen LogP contribution in [0.25, 0.3) is 11.0 Å². The number of aryl methyl sites for hydroxylation is 1. The molecular weight excluding hydrogens is 320 g/mol. The van der Waals surface area contributed by atoms with E-state index in [1.807, 2.05) is 17.9 Å². The number of aromatic amines is 1. The van der Waals surface area contributed by atoms with E-state index >= 15 is 0 Å². The van der Waals surface area contributed by atoms with Crippen LogP contribution < -0.4 is 10.2 Å². The second-order valence-corrected chi connectivity index (χ2v) is 6.63. The third-order valence-corrected chi connectivity index (χ3v) is 4.77. The topological polar surface area (TPSA) is 86.4 Å². The predicted molar refractivity (Wildman–Crippen MR) is 96.0 cm³/mol. The number of hydrogen-bond donors (Lipinski definition) is 2. The summed E-state index contributed by atoms with van der Waals surface area (Å²) in [6.45, 7) is 6.73. The molecule has 0 unspecified atom stereocenters. The van der Waals surface area contributed by atoms with Crippen molar-refractivity contribution in [3.05, 3.63) is 11.8 Å². The van der Waals surface area contributed by atoms with Gasteiger partial charge in [-0.05, 0) is 25.8 Å². The minimum Gasteiger partial charge on any atom is -0.378 e. The fourth-order valence-electron chi connectivity index (χ4n) is 3.41. The van der Waals surface area contributed by atoms with Crippen LogP contribution in [0.3, 0.4) is 0 Å². The van der Waals surface area contributed by atoms with E-state index in [1.54, 1.807) is 0 Å². The van der Waals surface area contributed by atoms with Crippen molar-refractivity contribution in [2.75, 3.05) is 56.2 Å². The zero-order valence-corrected chi connectivity index (χ0v) is 14.5. The third kappa shape index (κ3) is 3.39. The van der Waals surface area contributed by atoms with Gasteiger partial charge in [0, 0.05) is 31.9 Å². The normalized spacial score (nSPS) is 18.1. The molecular formula is C17H24N6O2. The van der Waals surface area contributed by atoms with Gasteiger partial charge in [-0.15, -0.1) is 0 Å². The van der Waals surface area contributed by atoms with Gasteiger partial charge in [-0.2, -0.15) is 9.97 Å². The monoisotopic (exact) mass is 344 g/mol. The maximum Gasteiger partial charge on any atom is 0.242 e. The van der Waals surface area contributed by atoms with E-state index < -0.39 is 0 Å². The summed E-state index contributed by atoms with van der Waals surface area (Å²) < 4.78 is 5.30. The van der Waals surface area contributed by atoms with Crippen molar-refractivity contribution < 1.29 is 9.53 Å². The summed E-state index contributed by atoms with van der Waals surface area (Å²) in [5.74, 6) is 1.52. The molecule has 0 aliphatic carbocycles. The molecule has 2 aliphatic rings. The van der Waals surface area contributed by atoms with Crippen molar-refractivity contribution in [3.8, 4) is 0 Å². The number of nitrogens with zero attached hydrogens (tertiary/aromatic N) is 4. The molecule has 2 aromatic heterocycles. The fraction of sp³-hybridized carbons (Fsp3) is 0.588. The Labute approximate surface area is 146 Å². The summed E-state index contributed by atoms with van der Waals surface area (Å²) >= 11 is 0. The average Bonchev–Trinajstić information content (AvgIpc) is 3.28. The average molecular weight is 344 g/mol. The molecule has 0 radical (unpaired) electrons. The van der Waals surface area contributed by atoms with Gasteiger partial charge >= 0.3 is 0 Å². The van der Waals surface area contributed by atoms with E-state index in [2.05, 4.69) is 20.2 Å². The van der Waals surface area contributed by atoms with Crippen LogP contribution >= 0.6 is 0 Å². The molecule has 8 heteroatoms. The highest BCUT2D eigenvalue weighted by Crippen LogP contribution is 2.26. The van der Waals surface area contributed by atoms with Gasteiger partial charge in [0.15, 0.2) is 0 Å². The number of morpholine rings is 1. The summed E-state index contributed by atoms with van der Waals surface area (Å²) in [5, 5.41) is 4.16. The Kier molecular flexibility index (Phi) is 4.44. The van der Waals surface area contributed by atoms with Crippen molar-refractivity contribution in [3.63, 3.8) is 0 Å². The second-order valence-electron chi connectivity index (χ2n) is 6.63. The molecule has 2 N–H and O–H groups in total. The second kappa shape index (κ2) is 6.87. The minimum absolute atomic E-state index is 0.0741. The van der Waals surface area contributed by atoms with Crippen LogP contribution in [-0.2, 0) is 9.53 Å². The highest BCUT2D eigenvalue weighted by Gasteiger charge is 2.20. The van der Waals surface area contributed by atoms with Gasteiger partial charge in [-0.3, -0.25) is 4.79 Å². The SMILES string of the molecule is Cc1cc2c(NCC(=O)N3CCOCC3)nc(N3CCCC3)nc2[nH]1. The van der Waals surface area contributed by atoms with Crippen LogP contribution in [0.1, 0.15) is 18.5 Å². The number of ether oxygens (including phenoxy) is 1. The molecule has 0 atom stereocenters. The van der Waals surface area contributed by atoms with Crippen LogP contribution in [0.2, 0.25) is 0 Å². The number of aromatic nitrogens is 3. The first kappa shape index (κ1) is 16.1. The van der Waals surface area contributed by atoms with Crippen molar-refractivity contribution in [1.82, 2.24) is 19.9 Å². The molecule has 0 bridgehead atoms. The number of anilines is 2. The summed E-state index contributed by atoms with van der Waals surface area (Å²) in [4.78, 5) is 29.1. The van der Waals surface area contributed by atoms with Crippen LogP contribution in [0, 0.1) is 6.92 Å². The van der Waals surface area contributed by atoms with E-state index in [9.17, 15) is 4.79 Å². The van der Waals surface area contributed by atoms with Crippen molar-refractivity contribution in [2.45, 2.75) is 19.8 Å². The molecule has 4 heterocycles. The Morgan fingerprint density at radius 3 is 2.76 bits per heavy atom. The summed E-state index contributed by atoms with van der Waals surface area (Å²) in [6.07, 6.45) is 2.34. The maximum atomic E-state index is 12.4. The lowest BCUT2D eigenvalue weighted by Gasteiger charge is -2.27. The lowest BCUT2D eigenvalue weighted by molar-refractivity contribution is -0.133. The van der Waals surface area contributed by atoms with E-state index in [0.29, 0.717) is 26.3 Å². The van der Waals surface area contributed by atoms with Gasteiger partial charge in [-0.1, -0.05) is 0 Å². The molecule has 0 aromatic carbocycles. The van der Waals surface area contributed by atoms with Crippen LogP contribution in [0.5, 0.6) is 0 Å². The Hall–Kier alpha value is -2.35. The lowest BCUT2D eigenvalue weighted by atomic mass is 10.3. The van der Waals surface area contributed by atoms with Crippen molar-refractivity contribution >= 4 is 28.7 Å². The standard InChI is InChI=1S/C17H24N6O2/c1-12-10-13-15(18-11-14(24)22-6-8-25-9-7-22)20-17(21-16(13)19-12)23-4-2-3-5-23/h10H,2-9,11H2,1H3,(H2,18,19,20,21). The largest absolute Gasteiger partial charge is 0.378 e. The van der Waals surface area contributed by atoms with Crippen LogP contribution in [0.15, 0.2) is 6.07 Å². The molecule has 1 amide bonds. The van der Waals surface area contributed by atoms with Gasteiger partial charge in [-0.25, -0.2) is 0 Å². The first-order valence-electron chi connectivity index (χ1n) is 8.92. The molecule has 2 saturated heterocycles. The number of carbonyl (C=O) groups excluding carboxylic acids is 1. The molecule has 4 rings (SSSR count). The molecule has 8 nitrogen and oxygen atoms in total. The molecule has 2 aromatic rings. The Morgan fingerprint density at radius 2 is 2.00 bits per heavy atom. The Balaban J connectivity index is 1.55. The van der Waals surface area contributed by atoms with Gasteiger partial charge in [0.1, 0.15) is 11.5 Å². The lowest BCUT2D eigenvalue weighted by Crippen LogP contribution is -2.43. The summed E-state index contributed by atoms with van der Waals surface area (Å²) in [5.41, 5.74) is 1.85. The molecule has 25 heavy (non-hydrogen) atoms. The number of H-pyrrole nitrogens is 1. The quantitative estimate of drug-likeness (QED) is 0.865. The number of rotatable bonds is 4. The van der Waals surface area contributed by atoms with E-state index in [1.165, 1.54) is 12.8 Å². The van der Waals surface area contributed by atoms with Crippen LogP contribution in [0.4, 0.5) is 11.8 Å². The van der Waals surface area contributed by atoms with Gasteiger partial charge in [0.2, 0.25) is 11.9 Å². The summed E-state index contributed by atoms with van der Waals surface area (Å²) in [6, 6.07) is 2.02.